The van der Waals surface area contributed by atoms with Crippen molar-refractivity contribution in [2.45, 2.75) is 19.4 Å². The van der Waals surface area contributed by atoms with Gasteiger partial charge in [0.2, 0.25) is 11.8 Å². The molecule has 0 radical (unpaired) electrons. The maximum absolute atomic E-state index is 11.7. The molecule has 2 amide bonds. The molecule has 5 nitrogen and oxygen atoms in total. The number of hydrogen-bond acceptors (Lipinski definition) is 3. The van der Waals surface area contributed by atoms with E-state index in [4.69, 9.17) is 23.2 Å². The number of benzene rings is 2. The highest BCUT2D eigenvalue weighted by Gasteiger charge is 2.07. The number of amides is 2. The van der Waals surface area contributed by atoms with Gasteiger partial charge >= 0.3 is 0 Å². The Morgan fingerprint density at radius 3 is 2.24 bits per heavy atom. The summed E-state index contributed by atoms with van der Waals surface area (Å²) >= 11 is 12.0. The predicted octanol–water partition coefficient (Wildman–Crippen LogP) is 3.54. The van der Waals surface area contributed by atoms with Crippen LogP contribution in [0.5, 0.6) is 0 Å². The van der Waals surface area contributed by atoms with Crippen LogP contribution in [0.2, 0.25) is 10.0 Å². The Labute approximate surface area is 156 Å². The SMILES string of the molecule is O=C(CCC(=O)NN=Cc1c(Cl)cccc1Cl)NCc1ccccc1. The summed E-state index contributed by atoms with van der Waals surface area (Å²) in [6.07, 6.45) is 1.49. The van der Waals surface area contributed by atoms with Crippen molar-refractivity contribution in [3.8, 4) is 0 Å². The van der Waals surface area contributed by atoms with Crippen LogP contribution in [-0.4, -0.2) is 18.0 Å². The summed E-state index contributed by atoms with van der Waals surface area (Å²) in [6.45, 7) is 0.435. The number of halogens is 2. The second-order valence-corrected chi connectivity index (χ2v) is 6.01. The minimum absolute atomic E-state index is 0.0359. The molecule has 0 aliphatic carbocycles. The molecule has 0 heterocycles. The first-order chi connectivity index (χ1) is 12.1. The van der Waals surface area contributed by atoms with Gasteiger partial charge in [-0.3, -0.25) is 9.59 Å². The van der Waals surface area contributed by atoms with Crippen LogP contribution in [-0.2, 0) is 16.1 Å². The van der Waals surface area contributed by atoms with E-state index in [0.717, 1.165) is 5.56 Å². The lowest BCUT2D eigenvalue weighted by molar-refractivity contribution is -0.126. The molecular weight excluding hydrogens is 361 g/mol. The van der Waals surface area contributed by atoms with Crippen molar-refractivity contribution in [3.63, 3.8) is 0 Å². The van der Waals surface area contributed by atoms with Crippen LogP contribution in [0.15, 0.2) is 53.6 Å². The Kier molecular flexibility index (Phi) is 7.44. The molecule has 0 aliphatic rings. The number of hydrogen-bond donors (Lipinski definition) is 2. The summed E-state index contributed by atoms with van der Waals surface area (Å²) in [7, 11) is 0. The van der Waals surface area contributed by atoms with Crippen molar-refractivity contribution in [2.24, 2.45) is 5.10 Å². The largest absolute Gasteiger partial charge is 0.352 e. The fourth-order valence-electron chi connectivity index (χ4n) is 1.97. The lowest BCUT2D eigenvalue weighted by atomic mass is 10.2. The van der Waals surface area contributed by atoms with Crippen LogP contribution in [0.1, 0.15) is 24.0 Å². The summed E-state index contributed by atoms with van der Waals surface area (Å²) < 4.78 is 0. The summed E-state index contributed by atoms with van der Waals surface area (Å²) in [5.74, 6) is -0.564. The Morgan fingerprint density at radius 1 is 0.920 bits per heavy atom. The highest BCUT2D eigenvalue weighted by atomic mass is 35.5. The number of rotatable bonds is 7. The molecule has 0 unspecified atom stereocenters. The average molecular weight is 378 g/mol. The number of hydrazone groups is 1. The molecule has 2 aromatic rings. The van der Waals surface area contributed by atoms with Crippen molar-refractivity contribution in [2.75, 3.05) is 0 Å². The van der Waals surface area contributed by atoms with Crippen LogP contribution in [0.4, 0.5) is 0 Å². The lowest BCUT2D eigenvalue weighted by Gasteiger charge is -2.05. The Morgan fingerprint density at radius 2 is 1.56 bits per heavy atom. The molecule has 0 aromatic heterocycles. The lowest BCUT2D eigenvalue weighted by Crippen LogP contribution is -2.25. The molecule has 0 atom stereocenters. The molecule has 0 saturated carbocycles. The van der Waals surface area contributed by atoms with Gasteiger partial charge in [0.05, 0.1) is 16.3 Å². The quantitative estimate of drug-likeness (QED) is 0.572. The van der Waals surface area contributed by atoms with Gasteiger partial charge in [-0.1, -0.05) is 59.6 Å². The van der Waals surface area contributed by atoms with E-state index in [9.17, 15) is 9.59 Å². The van der Waals surface area contributed by atoms with E-state index in [-0.39, 0.29) is 24.7 Å². The maximum Gasteiger partial charge on any atom is 0.240 e. The van der Waals surface area contributed by atoms with Gasteiger partial charge in [0.25, 0.3) is 0 Å². The molecule has 0 spiro atoms. The van der Waals surface area contributed by atoms with E-state index in [1.54, 1.807) is 18.2 Å². The first-order valence-electron chi connectivity index (χ1n) is 7.63. The second-order valence-electron chi connectivity index (χ2n) is 5.19. The average Bonchev–Trinajstić information content (AvgIpc) is 2.61. The van der Waals surface area contributed by atoms with Crippen LogP contribution in [0, 0.1) is 0 Å². The molecule has 7 heteroatoms. The van der Waals surface area contributed by atoms with Crippen molar-refractivity contribution in [1.82, 2.24) is 10.7 Å². The zero-order valence-corrected chi connectivity index (χ0v) is 14.8. The molecule has 130 valence electrons. The zero-order chi connectivity index (χ0) is 18.1. The van der Waals surface area contributed by atoms with Gasteiger partial charge in [0.15, 0.2) is 0 Å². The first-order valence-corrected chi connectivity index (χ1v) is 8.38. The molecule has 0 fully saturated rings. The fraction of sp³-hybridized carbons (Fsp3) is 0.167. The Bertz CT molecular complexity index is 744. The van der Waals surface area contributed by atoms with E-state index in [1.807, 2.05) is 30.3 Å². The number of nitrogens with zero attached hydrogens (tertiary/aromatic N) is 1. The number of nitrogens with one attached hydrogen (secondary N) is 2. The van der Waals surface area contributed by atoms with Crippen molar-refractivity contribution in [1.29, 1.82) is 0 Å². The van der Waals surface area contributed by atoms with Crippen LogP contribution >= 0.6 is 23.2 Å². The maximum atomic E-state index is 11.7. The molecule has 2 aromatic carbocycles. The minimum Gasteiger partial charge on any atom is -0.352 e. The standard InChI is InChI=1S/C18H17Cl2N3O2/c19-15-7-4-8-16(20)14(15)12-22-23-18(25)10-9-17(24)21-11-13-5-2-1-3-6-13/h1-8,12H,9-11H2,(H,21,24)(H,23,25). The van der Waals surface area contributed by atoms with Crippen LogP contribution in [0.25, 0.3) is 0 Å². The van der Waals surface area contributed by atoms with Gasteiger partial charge in [0.1, 0.15) is 0 Å². The summed E-state index contributed by atoms with van der Waals surface area (Å²) in [6, 6.07) is 14.6. The second kappa shape index (κ2) is 9.81. The Balaban J connectivity index is 1.71. The Hall–Kier alpha value is -2.37. The van der Waals surface area contributed by atoms with E-state index in [2.05, 4.69) is 15.8 Å². The van der Waals surface area contributed by atoms with Gasteiger partial charge < -0.3 is 5.32 Å². The highest BCUT2D eigenvalue weighted by molar-refractivity contribution is 6.38. The molecule has 2 N–H and O–H groups in total. The molecular formula is C18H17Cl2N3O2. The smallest absolute Gasteiger partial charge is 0.240 e. The van der Waals surface area contributed by atoms with Crippen LogP contribution < -0.4 is 10.7 Å². The van der Waals surface area contributed by atoms with Gasteiger partial charge in [-0.2, -0.15) is 5.10 Å². The topological polar surface area (TPSA) is 70.6 Å². The van der Waals surface area contributed by atoms with E-state index in [1.165, 1.54) is 6.21 Å². The minimum atomic E-state index is -0.366. The van der Waals surface area contributed by atoms with E-state index < -0.39 is 0 Å². The summed E-state index contributed by atoms with van der Waals surface area (Å²) in [5.41, 5.74) is 3.87. The predicted molar refractivity (Wildman–Crippen MR) is 99.7 cm³/mol. The van der Waals surface area contributed by atoms with Crippen molar-refractivity contribution >= 4 is 41.2 Å². The normalized spacial score (nSPS) is 10.6. The summed E-state index contributed by atoms with van der Waals surface area (Å²) in [5, 5.41) is 7.44. The monoisotopic (exact) mass is 377 g/mol. The molecule has 25 heavy (non-hydrogen) atoms. The van der Waals surface area contributed by atoms with Gasteiger partial charge in [-0.15, -0.1) is 0 Å². The number of carbonyl (C=O) groups excluding carboxylic acids is 2. The van der Waals surface area contributed by atoms with Crippen molar-refractivity contribution < 1.29 is 9.59 Å². The van der Waals surface area contributed by atoms with E-state index >= 15 is 0 Å². The fourth-order valence-corrected chi connectivity index (χ4v) is 2.47. The molecule has 0 aliphatic heterocycles. The molecule has 0 bridgehead atoms. The van der Waals surface area contributed by atoms with Gasteiger partial charge in [-0.05, 0) is 17.7 Å². The first kappa shape index (κ1) is 19.0. The highest BCUT2D eigenvalue weighted by Crippen LogP contribution is 2.21. The van der Waals surface area contributed by atoms with E-state index in [0.29, 0.717) is 22.2 Å². The number of carbonyl (C=O) groups is 2. The third kappa shape index (κ3) is 6.57. The third-order valence-corrected chi connectivity index (χ3v) is 3.95. The van der Waals surface area contributed by atoms with Gasteiger partial charge in [0, 0.05) is 24.9 Å². The summed E-state index contributed by atoms with van der Waals surface area (Å²) in [4.78, 5) is 23.5. The molecule has 2 rings (SSSR count). The third-order valence-electron chi connectivity index (χ3n) is 3.29. The zero-order valence-electron chi connectivity index (χ0n) is 13.3. The van der Waals surface area contributed by atoms with Gasteiger partial charge in [-0.25, -0.2) is 5.43 Å². The van der Waals surface area contributed by atoms with Crippen molar-refractivity contribution in [3.05, 3.63) is 69.7 Å². The van der Waals surface area contributed by atoms with Crippen LogP contribution in [0.3, 0.4) is 0 Å². The molecule has 0 saturated heterocycles.